The summed E-state index contributed by atoms with van der Waals surface area (Å²) in [5.41, 5.74) is 2.39. The lowest BCUT2D eigenvalue weighted by Gasteiger charge is -2.10. The molecule has 84 valence electrons. The lowest BCUT2D eigenvalue weighted by molar-refractivity contribution is 0.767. The monoisotopic (exact) mass is 207 g/mol. The molecule has 0 fully saturated rings. The highest BCUT2D eigenvalue weighted by molar-refractivity contribution is 5.44. The molecule has 0 saturated carbocycles. The van der Waals surface area contributed by atoms with E-state index in [4.69, 9.17) is 0 Å². The second kappa shape index (κ2) is 6.38. The van der Waals surface area contributed by atoms with Gasteiger partial charge in [0.05, 0.1) is 0 Å². The second-order valence-electron chi connectivity index (χ2n) is 3.82. The smallest absolute Gasteiger partial charge is 0.132 e. The summed E-state index contributed by atoms with van der Waals surface area (Å²) in [7, 11) is 0. The summed E-state index contributed by atoms with van der Waals surface area (Å²) in [6, 6.07) is 0. The molecule has 1 N–H and O–H groups in total. The average molecular weight is 207 g/mol. The predicted molar refractivity (Wildman–Crippen MR) is 64.2 cm³/mol. The fourth-order valence-corrected chi connectivity index (χ4v) is 1.50. The molecule has 0 aliphatic rings. The number of aromatic nitrogens is 2. The first kappa shape index (κ1) is 12.0. The van der Waals surface area contributed by atoms with Crippen molar-refractivity contribution in [1.29, 1.82) is 0 Å². The molecule has 3 heteroatoms. The van der Waals surface area contributed by atoms with Crippen LogP contribution in [0.3, 0.4) is 0 Å². The fraction of sp³-hybridized carbons (Fsp3) is 0.667. The van der Waals surface area contributed by atoms with E-state index >= 15 is 0 Å². The highest BCUT2D eigenvalue weighted by atomic mass is 15.0. The summed E-state index contributed by atoms with van der Waals surface area (Å²) in [6.45, 7) is 7.43. The second-order valence-corrected chi connectivity index (χ2v) is 3.82. The van der Waals surface area contributed by atoms with Gasteiger partial charge in [0, 0.05) is 17.8 Å². The third kappa shape index (κ3) is 3.50. The van der Waals surface area contributed by atoms with Gasteiger partial charge >= 0.3 is 0 Å². The van der Waals surface area contributed by atoms with Crippen LogP contribution < -0.4 is 5.32 Å². The van der Waals surface area contributed by atoms with E-state index in [9.17, 15) is 0 Å². The Morgan fingerprint density at radius 3 is 2.67 bits per heavy atom. The van der Waals surface area contributed by atoms with Gasteiger partial charge in [0.15, 0.2) is 0 Å². The van der Waals surface area contributed by atoms with Crippen molar-refractivity contribution >= 4 is 5.82 Å². The summed E-state index contributed by atoms with van der Waals surface area (Å²) in [4.78, 5) is 8.60. The number of anilines is 1. The van der Waals surface area contributed by atoms with Gasteiger partial charge in [-0.15, -0.1) is 0 Å². The molecule has 0 aliphatic heterocycles. The van der Waals surface area contributed by atoms with Gasteiger partial charge in [-0.2, -0.15) is 0 Å². The van der Waals surface area contributed by atoms with Crippen molar-refractivity contribution < 1.29 is 0 Å². The largest absolute Gasteiger partial charge is 0.370 e. The first-order chi connectivity index (χ1) is 7.29. The van der Waals surface area contributed by atoms with E-state index in [-0.39, 0.29) is 0 Å². The molecule has 0 unspecified atom stereocenters. The van der Waals surface area contributed by atoms with E-state index in [1.165, 1.54) is 24.1 Å². The molecule has 0 saturated heterocycles. The van der Waals surface area contributed by atoms with Gasteiger partial charge < -0.3 is 5.32 Å². The zero-order chi connectivity index (χ0) is 11.1. The molecule has 0 amide bonds. The third-order valence-corrected chi connectivity index (χ3v) is 2.50. The normalized spacial score (nSPS) is 10.3. The Morgan fingerprint density at radius 1 is 1.20 bits per heavy atom. The van der Waals surface area contributed by atoms with E-state index in [0.29, 0.717) is 0 Å². The van der Waals surface area contributed by atoms with Crippen LogP contribution >= 0.6 is 0 Å². The summed E-state index contributed by atoms with van der Waals surface area (Å²) in [5.74, 6) is 0.998. The Labute approximate surface area is 92.3 Å². The van der Waals surface area contributed by atoms with Gasteiger partial charge in [-0.1, -0.05) is 20.3 Å². The van der Waals surface area contributed by atoms with Gasteiger partial charge in [0.2, 0.25) is 0 Å². The SMILES string of the molecule is CCCCc1ncnc(NCCC)c1C. The van der Waals surface area contributed by atoms with Crippen LogP contribution in [0.15, 0.2) is 6.33 Å². The molecule has 0 bridgehead atoms. The van der Waals surface area contributed by atoms with E-state index in [1.54, 1.807) is 6.33 Å². The lowest BCUT2D eigenvalue weighted by atomic mass is 10.1. The van der Waals surface area contributed by atoms with Crippen LogP contribution in [-0.2, 0) is 6.42 Å². The summed E-state index contributed by atoms with van der Waals surface area (Å²) in [5, 5.41) is 3.33. The molecule has 0 spiro atoms. The molecule has 1 aromatic heterocycles. The molecule has 0 radical (unpaired) electrons. The number of hydrogen-bond donors (Lipinski definition) is 1. The minimum Gasteiger partial charge on any atom is -0.370 e. The van der Waals surface area contributed by atoms with Gasteiger partial charge in [-0.25, -0.2) is 9.97 Å². The van der Waals surface area contributed by atoms with Gasteiger partial charge in [0.1, 0.15) is 12.1 Å². The van der Waals surface area contributed by atoms with Gasteiger partial charge in [-0.3, -0.25) is 0 Å². The zero-order valence-electron chi connectivity index (χ0n) is 10.0. The third-order valence-electron chi connectivity index (χ3n) is 2.50. The standard InChI is InChI=1S/C12H21N3/c1-4-6-7-11-10(3)12(13-8-5-2)15-9-14-11/h9H,4-8H2,1-3H3,(H,13,14,15). The maximum Gasteiger partial charge on any atom is 0.132 e. The molecule has 1 aromatic rings. The van der Waals surface area contributed by atoms with Crippen molar-refractivity contribution in [2.75, 3.05) is 11.9 Å². The number of unbranched alkanes of at least 4 members (excludes halogenated alkanes) is 1. The van der Waals surface area contributed by atoms with Crippen molar-refractivity contribution in [2.45, 2.75) is 46.5 Å². The van der Waals surface area contributed by atoms with Crippen LogP contribution in [-0.4, -0.2) is 16.5 Å². The van der Waals surface area contributed by atoms with Gasteiger partial charge in [0.25, 0.3) is 0 Å². The molecule has 0 atom stereocenters. The van der Waals surface area contributed by atoms with E-state index in [2.05, 4.69) is 36.1 Å². The highest BCUT2D eigenvalue weighted by Gasteiger charge is 2.05. The maximum atomic E-state index is 4.33. The Hall–Kier alpha value is -1.12. The highest BCUT2D eigenvalue weighted by Crippen LogP contribution is 2.15. The summed E-state index contributed by atoms with van der Waals surface area (Å²) >= 11 is 0. The number of aryl methyl sites for hydroxylation is 1. The van der Waals surface area contributed by atoms with Crippen molar-refractivity contribution in [3.63, 3.8) is 0 Å². The van der Waals surface area contributed by atoms with Crippen LogP contribution in [0.5, 0.6) is 0 Å². The Kier molecular flexibility index (Phi) is 5.08. The Bertz CT molecular complexity index is 271. The number of rotatable bonds is 6. The van der Waals surface area contributed by atoms with E-state index in [0.717, 1.165) is 25.2 Å². The first-order valence-electron chi connectivity index (χ1n) is 5.83. The van der Waals surface area contributed by atoms with Gasteiger partial charge in [-0.05, 0) is 26.2 Å². The molecule has 0 aliphatic carbocycles. The van der Waals surface area contributed by atoms with Crippen molar-refractivity contribution in [3.8, 4) is 0 Å². The maximum absolute atomic E-state index is 4.33. The summed E-state index contributed by atoms with van der Waals surface area (Å²) < 4.78 is 0. The molecular weight excluding hydrogens is 186 g/mol. The minimum absolute atomic E-state index is 0.977. The topological polar surface area (TPSA) is 37.8 Å². The molecular formula is C12H21N3. The number of nitrogens with zero attached hydrogens (tertiary/aromatic N) is 2. The first-order valence-corrected chi connectivity index (χ1v) is 5.83. The zero-order valence-corrected chi connectivity index (χ0v) is 10.0. The fourth-order valence-electron chi connectivity index (χ4n) is 1.50. The lowest BCUT2D eigenvalue weighted by Crippen LogP contribution is -2.07. The molecule has 15 heavy (non-hydrogen) atoms. The quantitative estimate of drug-likeness (QED) is 0.779. The van der Waals surface area contributed by atoms with Crippen LogP contribution in [0.25, 0.3) is 0 Å². The van der Waals surface area contributed by atoms with E-state index in [1.807, 2.05) is 0 Å². The van der Waals surface area contributed by atoms with Crippen LogP contribution in [0.2, 0.25) is 0 Å². The molecule has 3 nitrogen and oxygen atoms in total. The Balaban J connectivity index is 2.71. The van der Waals surface area contributed by atoms with Crippen molar-refractivity contribution in [2.24, 2.45) is 0 Å². The van der Waals surface area contributed by atoms with Crippen molar-refractivity contribution in [1.82, 2.24) is 9.97 Å². The number of nitrogens with one attached hydrogen (secondary N) is 1. The Morgan fingerprint density at radius 2 is 2.00 bits per heavy atom. The predicted octanol–water partition coefficient (Wildman–Crippen LogP) is 2.95. The van der Waals surface area contributed by atoms with Crippen LogP contribution in [0, 0.1) is 6.92 Å². The average Bonchev–Trinajstić information content (AvgIpc) is 2.26. The molecule has 0 aromatic carbocycles. The molecule has 1 heterocycles. The molecule has 1 rings (SSSR count). The minimum atomic E-state index is 0.977. The van der Waals surface area contributed by atoms with E-state index < -0.39 is 0 Å². The van der Waals surface area contributed by atoms with Crippen molar-refractivity contribution in [3.05, 3.63) is 17.6 Å². The number of hydrogen-bond acceptors (Lipinski definition) is 3. The summed E-state index contributed by atoms with van der Waals surface area (Å²) in [6.07, 6.45) is 6.25. The van der Waals surface area contributed by atoms with Crippen LogP contribution in [0.4, 0.5) is 5.82 Å². The van der Waals surface area contributed by atoms with Crippen LogP contribution in [0.1, 0.15) is 44.4 Å².